The van der Waals surface area contributed by atoms with Gasteiger partial charge in [-0.3, -0.25) is 4.79 Å². The lowest BCUT2D eigenvalue weighted by Crippen LogP contribution is -2.53. The number of piperidine rings is 1. The molecule has 1 N–H and O–H groups in total. The maximum absolute atomic E-state index is 12.1. The number of amides is 2. The largest absolute Gasteiger partial charge is 0.497 e. The third-order valence-electron chi connectivity index (χ3n) is 4.02. The summed E-state index contributed by atoms with van der Waals surface area (Å²) in [6, 6.07) is 7.40. The van der Waals surface area contributed by atoms with Crippen LogP contribution in [0.2, 0.25) is 0 Å². The van der Waals surface area contributed by atoms with Crippen LogP contribution in [0.15, 0.2) is 24.3 Å². The minimum atomic E-state index is -0.559. The Labute approximate surface area is 144 Å². The van der Waals surface area contributed by atoms with Crippen molar-refractivity contribution in [1.82, 2.24) is 10.2 Å². The third kappa shape index (κ3) is 4.63. The highest BCUT2D eigenvalue weighted by atomic mass is 16.6. The van der Waals surface area contributed by atoms with Crippen LogP contribution in [0.25, 0.3) is 0 Å². The molecule has 1 aromatic rings. The number of likely N-dealkylation sites (tertiary alicyclic amines) is 1. The topological polar surface area (TPSA) is 67.9 Å². The fourth-order valence-corrected chi connectivity index (χ4v) is 2.82. The molecule has 2 atom stereocenters. The van der Waals surface area contributed by atoms with Crippen molar-refractivity contribution in [3.8, 4) is 5.75 Å². The molecule has 0 bridgehead atoms. The fraction of sp³-hybridized carbons (Fsp3) is 0.556. The molecule has 1 aliphatic rings. The molecular weight excluding hydrogens is 308 g/mol. The standard InChI is InChI=1S/C18H26N2O4.H2/c1-18(2,3)24-17(22)19-15-11-20(4)16(21)10-14(15)12-6-8-13(23-5)9-7-12;/h6-9,14-15H,10-11H2,1-5H3,(H,19,22);1H/t14?,15-;/m1./s1. The summed E-state index contributed by atoms with van der Waals surface area (Å²) < 4.78 is 10.5. The number of hydrogen-bond donors (Lipinski definition) is 1. The van der Waals surface area contributed by atoms with Crippen LogP contribution in [-0.4, -0.2) is 49.2 Å². The Kier molecular flexibility index (Phi) is 5.36. The molecule has 6 heteroatoms. The minimum absolute atomic E-state index is 0. The van der Waals surface area contributed by atoms with Crippen molar-refractivity contribution in [2.75, 3.05) is 20.7 Å². The van der Waals surface area contributed by atoms with Crippen LogP contribution in [0.4, 0.5) is 4.79 Å². The molecule has 1 heterocycles. The average molecular weight is 336 g/mol. The first-order valence-electron chi connectivity index (χ1n) is 8.07. The molecular formula is C18H28N2O4. The van der Waals surface area contributed by atoms with Gasteiger partial charge in [0.2, 0.25) is 5.91 Å². The summed E-state index contributed by atoms with van der Waals surface area (Å²) in [7, 11) is 3.36. The number of hydrogen-bond acceptors (Lipinski definition) is 4. The van der Waals surface area contributed by atoms with E-state index in [0.717, 1.165) is 11.3 Å². The molecule has 2 rings (SSSR count). The second-order valence-electron chi connectivity index (χ2n) is 7.11. The molecule has 24 heavy (non-hydrogen) atoms. The van der Waals surface area contributed by atoms with Crippen molar-refractivity contribution in [3.63, 3.8) is 0 Å². The first-order chi connectivity index (χ1) is 11.2. The minimum Gasteiger partial charge on any atom is -0.497 e. The lowest BCUT2D eigenvalue weighted by molar-refractivity contribution is -0.133. The zero-order valence-electron chi connectivity index (χ0n) is 15.0. The zero-order valence-corrected chi connectivity index (χ0v) is 15.0. The molecule has 0 aromatic heterocycles. The lowest BCUT2D eigenvalue weighted by Gasteiger charge is -2.37. The van der Waals surface area contributed by atoms with Gasteiger partial charge < -0.3 is 19.7 Å². The van der Waals surface area contributed by atoms with Crippen LogP contribution in [0, 0.1) is 0 Å². The second-order valence-corrected chi connectivity index (χ2v) is 7.11. The van der Waals surface area contributed by atoms with Crippen molar-refractivity contribution >= 4 is 12.0 Å². The van der Waals surface area contributed by atoms with Crippen LogP contribution in [-0.2, 0) is 9.53 Å². The summed E-state index contributed by atoms with van der Waals surface area (Å²) in [6.07, 6.45) is -0.114. The molecule has 0 radical (unpaired) electrons. The summed E-state index contributed by atoms with van der Waals surface area (Å²) in [5, 5.41) is 2.92. The van der Waals surface area contributed by atoms with E-state index in [4.69, 9.17) is 9.47 Å². The Morgan fingerprint density at radius 2 is 1.92 bits per heavy atom. The maximum Gasteiger partial charge on any atom is 0.407 e. The van der Waals surface area contributed by atoms with E-state index in [2.05, 4.69) is 5.32 Å². The maximum atomic E-state index is 12.1. The fourth-order valence-electron chi connectivity index (χ4n) is 2.82. The highest BCUT2D eigenvalue weighted by molar-refractivity contribution is 5.79. The molecule has 0 aliphatic carbocycles. The van der Waals surface area contributed by atoms with Crippen molar-refractivity contribution in [1.29, 1.82) is 0 Å². The Morgan fingerprint density at radius 3 is 2.46 bits per heavy atom. The van der Waals surface area contributed by atoms with Gasteiger partial charge in [0.05, 0.1) is 13.2 Å². The van der Waals surface area contributed by atoms with Crippen LogP contribution >= 0.6 is 0 Å². The summed E-state index contributed by atoms with van der Waals surface area (Å²) in [6.45, 7) is 5.92. The number of likely N-dealkylation sites (N-methyl/N-ethyl adjacent to an activating group) is 1. The average Bonchev–Trinajstić information content (AvgIpc) is 2.49. The number of carbonyl (C=O) groups is 2. The number of ether oxygens (including phenoxy) is 2. The van der Waals surface area contributed by atoms with Gasteiger partial charge in [0.1, 0.15) is 11.4 Å². The molecule has 1 unspecified atom stereocenters. The Morgan fingerprint density at radius 1 is 1.29 bits per heavy atom. The SMILES string of the molecule is COc1ccc(C2CC(=O)N(C)C[C@H]2NC(=O)OC(C)(C)C)cc1.[HH]. The van der Waals surface area contributed by atoms with Crippen molar-refractivity contribution in [3.05, 3.63) is 29.8 Å². The molecule has 1 fully saturated rings. The van der Waals surface area contributed by atoms with Crippen molar-refractivity contribution in [2.45, 2.75) is 44.8 Å². The predicted octanol–water partition coefficient (Wildman–Crippen LogP) is 2.78. The monoisotopic (exact) mass is 336 g/mol. The smallest absolute Gasteiger partial charge is 0.407 e. The number of methoxy groups -OCH3 is 1. The quantitative estimate of drug-likeness (QED) is 0.921. The van der Waals surface area contributed by atoms with Gasteiger partial charge >= 0.3 is 6.09 Å². The van der Waals surface area contributed by atoms with E-state index < -0.39 is 11.7 Å². The van der Waals surface area contributed by atoms with Gasteiger partial charge in [-0.05, 0) is 38.5 Å². The van der Waals surface area contributed by atoms with Crippen molar-refractivity contribution in [2.24, 2.45) is 0 Å². The van der Waals surface area contributed by atoms with Crippen LogP contribution < -0.4 is 10.1 Å². The van der Waals surface area contributed by atoms with Gasteiger partial charge in [-0.25, -0.2) is 4.79 Å². The van der Waals surface area contributed by atoms with E-state index in [1.165, 1.54) is 0 Å². The lowest BCUT2D eigenvalue weighted by atomic mass is 9.85. The molecule has 0 saturated carbocycles. The summed E-state index contributed by atoms with van der Waals surface area (Å²) in [4.78, 5) is 25.9. The molecule has 134 valence electrons. The summed E-state index contributed by atoms with van der Waals surface area (Å²) in [5.74, 6) is 0.736. The number of nitrogens with zero attached hydrogens (tertiary/aromatic N) is 1. The van der Waals surface area contributed by atoms with E-state index in [1.807, 2.05) is 45.0 Å². The van der Waals surface area contributed by atoms with Gasteiger partial charge in [0, 0.05) is 27.4 Å². The summed E-state index contributed by atoms with van der Waals surface area (Å²) >= 11 is 0. The van der Waals surface area contributed by atoms with Gasteiger partial charge in [0.15, 0.2) is 0 Å². The van der Waals surface area contributed by atoms with Crippen molar-refractivity contribution < 1.29 is 20.5 Å². The highest BCUT2D eigenvalue weighted by Gasteiger charge is 2.35. The number of carbonyl (C=O) groups excluding carboxylic acids is 2. The number of rotatable bonds is 3. The Hall–Kier alpha value is -2.24. The predicted molar refractivity (Wildman–Crippen MR) is 93.3 cm³/mol. The van der Waals surface area contributed by atoms with E-state index in [1.54, 1.807) is 19.1 Å². The van der Waals surface area contributed by atoms with E-state index in [0.29, 0.717) is 13.0 Å². The second kappa shape index (κ2) is 7.11. The first-order valence-corrected chi connectivity index (χ1v) is 8.07. The number of alkyl carbamates (subject to hydrolysis) is 1. The number of nitrogens with one attached hydrogen (secondary N) is 1. The van der Waals surface area contributed by atoms with Gasteiger partial charge in [-0.15, -0.1) is 0 Å². The molecule has 1 saturated heterocycles. The normalized spacial score (nSPS) is 21.4. The molecule has 6 nitrogen and oxygen atoms in total. The molecule has 1 aromatic carbocycles. The van der Waals surface area contributed by atoms with Crippen LogP contribution in [0.3, 0.4) is 0 Å². The van der Waals surface area contributed by atoms with Gasteiger partial charge in [-0.2, -0.15) is 0 Å². The summed E-state index contributed by atoms with van der Waals surface area (Å²) in [5.41, 5.74) is 0.439. The third-order valence-corrected chi connectivity index (χ3v) is 4.02. The Balaban J connectivity index is 0.00000312. The van der Waals surface area contributed by atoms with Gasteiger partial charge in [0.25, 0.3) is 0 Å². The van der Waals surface area contributed by atoms with E-state index in [9.17, 15) is 9.59 Å². The molecule has 0 spiro atoms. The molecule has 2 amide bonds. The highest BCUT2D eigenvalue weighted by Crippen LogP contribution is 2.30. The van der Waals surface area contributed by atoms with Crippen LogP contribution in [0.1, 0.15) is 40.1 Å². The van der Waals surface area contributed by atoms with Crippen LogP contribution in [0.5, 0.6) is 5.75 Å². The van der Waals surface area contributed by atoms with E-state index in [-0.39, 0.29) is 19.3 Å². The Bertz CT molecular complexity index is 598. The van der Waals surface area contributed by atoms with E-state index >= 15 is 0 Å². The molecule has 1 aliphatic heterocycles. The van der Waals surface area contributed by atoms with Gasteiger partial charge in [-0.1, -0.05) is 12.1 Å². The first kappa shape index (κ1) is 18.1. The zero-order chi connectivity index (χ0) is 17.9. The number of benzene rings is 1.